The third-order valence-corrected chi connectivity index (χ3v) is 4.99. The molecule has 0 saturated heterocycles. The van der Waals surface area contributed by atoms with Gasteiger partial charge in [-0.2, -0.15) is 0 Å². The molecule has 0 aliphatic carbocycles. The van der Waals surface area contributed by atoms with Crippen LogP contribution in [0.4, 0.5) is 5.69 Å². The maximum absolute atomic E-state index is 2.60. The van der Waals surface area contributed by atoms with E-state index in [1.807, 2.05) is 0 Å². The van der Waals surface area contributed by atoms with Crippen molar-refractivity contribution in [3.8, 4) is 0 Å². The largest absolute Gasteiger partial charge is 0.345 e. The Kier molecular flexibility index (Phi) is 4.16. The highest BCUT2D eigenvalue weighted by Gasteiger charge is 2.26. The van der Waals surface area contributed by atoms with Crippen LogP contribution in [0.5, 0.6) is 0 Å². The minimum absolute atomic E-state index is 1.07. The van der Waals surface area contributed by atoms with Gasteiger partial charge in [0, 0.05) is 44.0 Å². The van der Waals surface area contributed by atoms with Crippen LogP contribution >= 0.6 is 0 Å². The fourth-order valence-electron chi connectivity index (χ4n) is 3.89. The molecule has 0 fully saturated rings. The first-order valence-electron chi connectivity index (χ1n) is 8.70. The second-order valence-corrected chi connectivity index (χ2v) is 6.59. The zero-order valence-corrected chi connectivity index (χ0v) is 13.6. The number of benzene rings is 2. The van der Waals surface area contributed by atoms with Gasteiger partial charge in [0.1, 0.15) is 0 Å². The van der Waals surface area contributed by atoms with Gasteiger partial charge in [-0.1, -0.05) is 48.5 Å². The molecule has 0 bridgehead atoms. The van der Waals surface area contributed by atoms with E-state index in [0.717, 1.165) is 19.6 Å². The molecule has 2 aliphatic heterocycles. The van der Waals surface area contributed by atoms with Crippen molar-refractivity contribution in [2.45, 2.75) is 25.8 Å². The van der Waals surface area contributed by atoms with Crippen molar-refractivity contribution in [3.05, 3.63) is 77.5 Å². The third kappa shape index (κ3) is 3.18. The predicted octanol–water partition coefficient (Wildman–Crippen LogP) is 4.45. The molecule has 4 rings (SSSR count). The van der Waals surface area contributed by atoms with Crippen LogP contribution in [0.1, 0.15) is 24.8 Å². The lowest BCUT2D eigenvalue weighted by atomic mass is 9.95. The number of para-hydroxylation sites is 1. The molecule has 0 aromatic heterocycles. The summed E-state index contributed by atoms with van der Waals surface area (Å²) in [5, 5.41) is 0. The average Bonchev–Trinajstić information content (AvgIpc) is 2.63. The Hall–Kier alpha value is -2.06. The number of hydrogen-bond acceptors (Lipinski definition) is 2. The van der Waals surface area contributed by atoms with Crippen molar-refractivity contribution in [2.24, 2.45) is 0 Å². The van der Waals surface area contributed by atoms with Crippen LogP contribution in [0, 0.1) is 0 Å². The summed E-state index contributed by atoms with van der Waals surface area (Å²) in [5.41, 5.74) is 6.03. The number of hydrogen-bond donors (Lipinski definition) is 0. The van der Waals surface area contributed by atoms with E-state index < -0.39 is 0 Å². The molecule has 2 aromatic carbocycles. The lowest BCUT2D eigenvalue weighted by Crippen LogP contribution is -2.39. The molecule has 0 atom stereocenters. The summed E-state index contributed by atoms with van der Waals surface area (Å²) >= 11 is 0. The van der Waals surface area contributed by atoms with E-state index in [0.29, 0.717) is 0 Å². The van der Waals surface area contributed by atoms with E-state index in [-0.39, 0.29) is 0 Å². The van der Waals surface area contributed by atoms with Crippen LogP contribution < -0.4 is 4.90 Å². The molecule has 2 heteroatoms. The highest BCUT2D eigenvalue weighted by Crippen LogP contribution is 2.33. The second kappa shape index (κ2) is 6.59. The first kappa shape index (κ1) is 14.5. The van der Waals surface area contributed by atoms with Gasteiger partial charge in [0.05, 0.1) is 0 Å². The van der Waals surface area contributed by atoms with Gasteiger partial charge in [0.25, 0.3) is 0 Å². The number of anilines is 1. The van der Waals surface area contributed by atoms with Crippen molar-refractivity contribution in [1.82, 2.24) is 4.90 Å². The second-order valence-electron chi connectivity index (χ2n) is 6.59. The summed E-state index contributed by atoms with van der Waals surface area (Å²) in [5.74, 6) is 0. The molecule has 118 valence electrons. The van der Waals surface area contributed by atoms with Gasteiger partial charge in [0.15, 0.2) is 0 Å². The summed E-state index contributed by atoms with van der Waals surface area (Å²) in [6.07, 6.45) is 3.72. The smallest absolute Gasteiger partial charge is 0.0408 e. The number of rotatable bonds is 3. The average molecular weight is 304 g/mol. The van der Waals surface area contributed by atoms with Crippen LogP contribution in [0.15, 0.2) is 71.9 Å². The highest BCUT2D eigenvalue weighted by atomic mass is 15.2. The first-order chi connectivity index (χ1) is 11.4. The van der Waals surface area contributed by atoms with Gasteiger partial charge in [-0.25, -0.2) is 0 Å². The van der Waals surface area contributed by atoms with Gasteiger partial charge in [-0.05, 0) is 36.1 Å². The van der Waals surface area contributed by atoms with Gasteiger partial charge < -0.3 is 4.90 Å². The molecule has 2 heterocycles. The van der Waals surface area contributed by atoms with Gasteiger partial charge >= 0.3 is 0 Å². The van der Waals surface area contributed by atoms with E-state index in [2.05, 4.69) is 70.5 Å². The Morgan fingerprint density at radius 3 is 2.30 bits per heavy atom. The van der Waals surface area contributed by atoms with Crippen molar-refractivity contribution >= 4 is 5.69 Å². The van der Waals surface area contributed by atoms with Gasteiger partial charge in [-0.15, -0.1) is 0 Å². The van der Waals surface area contributed by atoms with Crippen molar-refractivity contribution in [2.75, 3.05) is 24.5 Å². The molecule has 0 spiro atoms. The van der Waals surface area contributed by atoms with E-state index in [1.165, 1.54) is 37.1 Å². The fraction of sp³-hybridized carbons (Fsp3) is 0.333. The quantitative estimate of drug-likeness (QED) is 0.827. The molecule has 23 heavy (non-hydrogen) atoms. The van der Waals surface area contributed by atoms with Crippen molar-refractivity contribution in [1.29, 1.82) is 0 Å². The Morgan fingerprint density at radius 1 is 0.783 bits per heavy atom. The first-order valence-corrected chi connectivity index (χ1v) is 8.70. The van der Waals surface area contributed by atoms with Crippen molar-refractivity contribution < 1.29 is 0 Å². The van der Waals surface area contributed by atoms with E-state index in [4.69, 9.17) is 0 Å². The maximum atomic E-state index is 2.60. The topological polar surface area (TPSA) is 6.48 Å². The monoisotopic (exact) mass is 304 g/mol. The highest BCUT2D eigenvalue weighted by molar-refractivity contribution is 5.54. The lowest BCUT2D eigenvalue weighted by molar-refractivity contribution is 0.268. The Balaban J connectivity index is 1.52. The number of nitrogens with zero attached hydrogens (tertiary/aromatic N) is 2. The molecular formula is C21H24N2. The van der Waals surface area contributed by atoms with Crippen LogP contribution in [0.3, 0.4) is 0 Å². The SMILES string of the molecule is c1ccc(CN2CCC3=C(CCCN3c3ccccc3)C2)cc1. The molecule has 0 N–H and O–H groups in total. The van der Waals surface area contributed by atoms with Crippen LogP contribution in [-0.4, -0.2) is 24.5 Å². The standard InChI is InChI=1S/C21H24N2/c1-3-8-18(9-4-1)16-22-15-13-21-19(17-22)10-7-14-23(21)20-11-5-2-6-12-20/h1-6,8-9,11-12H,7,10,13-17H2. The Labute approximate surface area is 139 Å². The Bertz CT molecular complexity index is 676. The summed E-state index contributed by atoms with van der Waals surface area (Å²) in [6, 6.07) is 21.7. The molecule has 2 nitrogen and oxygen atoms in total. The predicted molar refractivity (Wildman–Crippen MR) is 96.4 cm³/mol. The van der Waals surface area contributed by atoms with Crippen LogP contribution in [-0.2, 0) is 6.54 Å². The van der Waals surface area contributed by atoms with E-state index in [1.54, 1.807) is 11.3 Å². The summed E-state index contributed by atoms with van der Waals surface area (Å²) in [7, 11) is 0. The molecule has 0 saturated carbocycles. The zero-order chi connectivity index (χ0) is 15.5. The lowest BCUT2D eigenvalue weighted by Gasteiger charge is -2.40. The summed E-state index contributed by atoms with van der Waals surface area (Å²) in [6.45, 7) is 4.54. The molecule has 0 unspecified atom stereocenters. The van der Waals surface area contributed by atoms with Gasteiger partial charge in [-0.3, -0.25) is 4.90 Å². The third-order valence-electron chi connectivity index (χ3n) is 4.99. The van der Waals surface area contributed by atoms with Gasteiger partial charge in [0.2, 0.25) is 0 Å². The van der Waals surface area contributed by atoms with Crippen LogP contribution in [0.2, 0.25) is 0 Å². The van der Waals surface area contributed by atoms with E-state index in [9.17, 15) is 0 Å². The Morgan fingerprint density at radius 2 is 1.52 bits per heavy atom. The zero-order valence-electron chi connectivity index (χ0n) is 13.6. The maximum Gasteiger partial charge on any atom is 0.0408 e. The molecule has 2 aromatic rings. The van der Waals surface area contributed by atoms with Crippen LogP contribution in [0.25, 0.3) is 0 Å². The minimum Gasteiger partial charge on any atom is -0.345 e. The molecule has 0 amide bonds. The summed E-state index contributed by atoms with van der Waals surface area (Å²) < 4.78 is 0. The fourth-order valence-corrected chi connectivity index (χ4v) is 3.89. The normalized spacial score (nSPS) is 18.9. The molecule has 2 aliphatic rings. The summed E-state index contributed by atoms with van der Waals surface area (Å²) in [4.78, 5) is 5.15. The minimum atomic E-state index is 1.07. The van der Waals surface area contributed by atoms with Crippen molar-refractivity contribution in [3.63, 3.8) is 0 Å². The molecule has 0 radical (unpaired) electrons. The molecular weight excluding hydrogens is 280 g/mol. The van der Waals surface area contributed by atoms with E-state index >= 15 is 0 Å².